The number of para-hydroxylation sites is 1. The average Bonchev–Trinajstić information content (AvgIpc) is 2.99. The van der Waals surface area contributed by atoms with E-state index in [0.29, 0.717) is 11.5 Å². The van der Waals surface area contributed by atoms with Gasteiger partial charge in [0.2, 0.25) is 5.65 Å². The van der Waals surface area contributed by atoms with E-state index in [4.69, 9.17) is 4.74 Å². The first-order chi connectivity index (χ1) is 11.2. The zero-order valence-corrected chi connectivity index (χ0v) is 13.0. The summed E-state index contributed by atoms with van der Waals surface area (Å²) in [6.07, 6.45) is 7.33. The summed E-state index contributed by atoms with van der Waals surface area (Å²) in [5.41, 5.74) is 3.68. The van der Waals surface area contributed by atoms with E-state index in [9.17, 15) is 0 Å². The lowest BCUT2D eigenvalue weighted by Crippen LogP contribution is -2.08. The van der Waals surface area contributed by atoms with Crippen molar-refractivity contribution in [2.75, 3.05) is 0 Å². The summed E-state index contributed by atoms with van der Waals surface area (Å²) in [6, 6.07) is 10.2. The van der Waals surface area contributed by atoms with Crippen LogP contribution in [0.25, 0.3) is 27.8 Å². The molecular formula is C18H16N4O. The number of pyridine rings is 1. The molecule has 3 aromatic heterocycles. The van der Waals surface area contributed by atoms with E-state index in [-0.39, 0.29) is 6.10 Å². The number of rotatable bonds is 3. The van der Waals surface area contributed by atoms with Gasteiger partial charge in [0, 0.05) is 29.5 Å². The minimum absolute atomic E-state index is 0.0491. The summed E-state index contributed by atoms with van der Waals surface area (Å²) >= 11 is 0. The molecule has 0 aliphatic carbocycles. The van der Waals surface area contributed by atoms with Gasteiger partial charge in [-0.1, -0.05) is 24.3 Å². The highest BCUT2D eigenvalue weighted by Gasteiger charge is 2.14. The Labute approximate surface area is 133 Å². The fourth-order valence-electron chi connectivity index (χ4n) is 2.71. The summed E-state index contributed by atoms with van der Waals surface area (Å²) in [5, 5.41) is 1.10. The first-order valence-electron chi connectivity index (χ1n) is 7.57. The van der Waals surface area contributed by atoms with E-state index in [2.05, 4.69) is 33.2 Å². The van der Waals surface area contributed by atoms with Crippen LogP contribution in [0.15, 0.2) is 55.1 Å². The standard InChI is InChI=1S/C18H16N4O/c1-12(2)23-18-17-21-11-15(22(17)10-9-20-18)14-7-3-5-13-6-4-8-19-16(13)14/h3-12H,1-2H3. The van der Waals surface area contributed by atoms with Crippen LogP contribution in [0, 0.1) is 0 Å². The van der Waals surface area contributed by atoms with E-state index in [1.54, 1.807) is 6.20 Å². The molecule has 0 bridgehead atoms. The molecule has 5 nitrogen and oxygen atoms in total. The quantitative estimate of drug-likeness (QED) is 0.578. The summed E-state index contributed by atoms with van der Waals surface area (Å²) in [7, 11) is 0. The Morgan fingerprint density at radius 2 is 1.87 bits per heavy atom. The maximum Gasteiger partial charge on any atom is 0.258 e. The lowest BCUT2D eigenvalue weighted by Gasteiger charge is -2.10. The van der Waals surface area contributed by atoms with E-state index in [1.807, 2.05) is 49.0 Å². The number of fused-ring (bicyclic) bond motifs is 2. The molecule has 0 saturated carbocycles. The highest BCUT2D eigenvalue weighted by molar-refractivity contribution is 5.93. The predicted molar refractivity (Wildman–Crippen MR) is 89.5 cm³/mol. The van der Waals surface area contributed by atoms with Crippen LogP contribution >= 0.6 is 0 Å². The van der Waals surface area contributed by atoms with Crippen LogP contribution in [-0.2, 0) is 0 Å². The first kappa shape index (κ1) is 13.7. The molecular weight excluding hydrogens is 288 g/mol. The molecule has 0 atom stereocenters. The van der Waals surface area contributed by atoms with E-state index in [0.717, 1.165) is 22.2 Å². The number of nitrogens with zero attached hydrogens (tertiary/aromatic N) is 4. The lowest BCUT2D eigenvalue weighted by molar-refractivity contribution is 0.234. The molecule has 0 spiro atoms. The molecule has 4 aromatic rings. The Balaban J connectivity index is 1.96. The van der Waals surface area contributed by atoms with E-state index < -0.39 is 0 Å². The molecule has 1 aromatic carbocycles. The number of aromatic nitrogens is 4. The van der Waals surface area contributed by atoms with Crippen LogP contribution in [0.2, 0.25) is 0 Å². The third kappa shape index (κ3) is 2.30. The van der Waals surface area contributed by atoms with Gasteiger partial charge in [-0.2, -0.15) is 0 Å². The molecule has 0 amide bonds. The molecule has 0 N–H and O–H groups in total. The smallest absolute Gasteiger partial charge is 0.258 e. The van der Waals surface area contributed by atoms with Gasteiger partial charge in [-0.05, 0) is 19.9 Å². The third-order valence-corrected chi connectivity index (χ3v) is 3.65. The van der Waals surface area contributed by atoms with Crippen molar-refractivity contribution in [1.29, 1.82) is 0 Å². The van der Waals surface area contributed by atoms with Crippen LogP contribution in [0.1, 0.15) is 13.8 Å². The molecule has 0 aliphatic heterocycles. The zero-order chi connectivity index (χ0) is 15.8. The minimum Gasteiger partial charge on any atom is -0.472 e. The van der Waals surface area contributed by atoms with Gasteiger partial charge in [0.05, 0.1) is 23.5 Å². The molecule has 0 saturated heterocycles. The largest absolute Gasteiger partial charge is 0.472 e. The van der Waals surface area contributed by atoms with E-state index in [1.165, 1.54) is 0 Å². The number of ether oxygens (including phenoxy) is 1. The number of hydrogen-bond donors (Lipinski definition) is 0. The van der Waals surface area contributed by atoms with Crippen molar-refractivity contribution in [3.8, 4) is 17.1 Å². The van der Waals surface area contributed by atoms with Crippen molar-refractivity contribution in [1.82, 2.24) is 19.4 Å². The van der Waals surface area contributed by atoms with E-state index >= 15 is 0 Å². The number of hydrogen-bond acceptors (Lipinski definition) is 4. The van der Waals surface area contributed by atoms with Crippen LogP contribution < -0.4 is 4.74 Å². The molecule has 4 rings (SSSR count). The molecule has 0 unspecified atom stereocenters. The Bertz CT molecular complexity index is 985. The Kier molecular flexibility index (Phi) is 3.19. The first-order valence-corrected chi connectivity index (χ1v) is 7.57. The Morgan fingerprint density at radius 3 is 2.74 bits per heavy atom. The van der Waals surface area contributed by atoms with Gasteiger partial charge in [0.1, 0.15) is 0 Å². The third-order valence-electron chi connectivity index (χ3n) is 3.65. The Morgan fingerprint density at radius 1 is 1.00 bits per heavy atom. The SMILES string of the molecule is CC(C)Oc1nccn2c(-c3cccc4cccnc34)cnc12. The number of benzene rings is 1. The van der Waals surface area contributed by atoms with Gasteiger partial charge in [0.25, 0.3) is 5.88 Å². The minimum atomic E-state index is 0.0491. The van der Waals surface area contributed by atoms with Crippen LogP contribution in [0.4, 0.5) is 0 Å². The van der Waals surface area contributed by atoms with Crippen molar-refractivity contribution in [3.63, 3.8) is 0 Å². The fraction of sp³-hybridized carbons (Fsp3) is 0.167. The topological polar surface area (TPSA) is 52.3 Å². The highest BCUT2D eigenvalue weighted by atomic mass is 16.5. The predicted octanol–water partition coefficient (Wildman–Crippen LogP) is 3.73. The second kappa shape index (κ2) is 5.35. The molecule has 0 fully saturated rings. The summed E-state index contributed by atoms with van der Waals surface area (Å²) in [4.78, 5) is 13.3. The van der Waals surface area contributed by atoms with Crippen molar-refractivity contribution in [3.05, 3.63) is 55.1 Å². The van der Waals surface area contributed by atoms with Crippen LogP contribution in [0.5, 0.6) is 5.88 Å². The van der Waals surface area contributed by atoms with Gasteiger partial charge in [-0.3, -0.25) is 9.38 Å². The van der Waals surface area contributed by atoms with Gasteiger partial charge in [-0.15, -0.1) is 0 Å². The second-order valence-corrected chi connectivity index (χ2v) is 5.62. The maximum atomic E-state index is 5.75. The van der Waals surface area contributed by atoms with Gasteiger partial charge in [0.15, 0.2) is 0 Å². The maximum absolute atomic E-state index is 5.75. The molecule has 0 radical (unpaired) electrons. The van der Waals surface area contributed by atoms with Crippen molar-refractivity contribution in [2.45, 2.75) is 20.0 Å². The summed E-state index contributed by atoms with van der Waals surface area (Å²) < 4.78 is 7.75. The summed E-state index contributed by atoms with van der Waals surface area (Å²) in [5.74, 6) is 0.543. The fourth-order valence-corrected chi connectivity index (χ4v) is 2.71. The molecule has 0 aliphatic rings. The monoisotopic (exact) mass is 304 g/mol. The van der Waals surface area contributed by atoms with Gasteiger partial charge >= 0.3 is 0 Å². The number of imidazole rings is 1. The molecule has 5 heteroatoms. The zero-order valence-electron chi connectivity index (χ0n) is 13.0. The summed E-state index contributed by atoms with van der Waals surface area (Å²) in [6.45, 7) is 3.95. The van der Waals surface area contributed by atoms with Gasteiger partial charge < -0.3 is 4.74 Å². The Hall–Kier alpha value is -2.95. The molecule has 3 heterocycles. The molecule has 23 heavy (non-hydrogen) atoms. The van der Waals surface area contributed by atoms with Crippen molar-refractivity contribution < 1.29 is 4.74 Å². The lowest BCUT2D eigenvalue weighted by atomic mass is 10.1. The normalized spacial score (nSPS) is 11.4. The van der Waals surface area contributed by atoms with Gasteiger partial charge in [-0.25, -0.2) is 9.97 Å². The highest BCUT2D eigenvalue weighted by Crippen LogP contribution is 2.29. The average molecular weight is 304 g/mol. The van der Waals surface area contributed by atoms with Crippen LogP contribution in [-0.4, -0.2) is 25.5 Å². The molecule has 114 valence electrons. The van der Waals surface area contributed by atoms with Crippen molar-refractivity contribution in [2.24, 2.45) is 0 Å². The van der Waals surface area contributed by atoms with Crippen LogP contribution in [0.3, 0.4) is 0 Å². The van der Waals surface area contributed by atoms with Crippen molar-refractivity contribution >= 4 is 16.6 Å². The second-order valence-electron chi connectivity index (χ2n) is 5.62.